The number of hydrogen-bond acceptors (Lipinski definition) is 4. The minimum absolute atomic E-state index is 0.276. The van der Waals surface area contributed by atoms with E-state index in [9.17, 15) is 0 Å². The molecular formula is C9H12ClN3O. The zero-order valence-electron chi connectivity index (χ0n) is 7.74. The zero-order valence-corrected chi connectivity index (χ0v) is 8.50. The van der Waals surface area contributed by atoms with Gasteiger partial charge in [0.25, 0.3) is 0 Å². The highest BCUT2D eigenvalue weighted by molar-refractivity contribution is 6.28. The van der Waals surface area contributed by atoms with Gasteiger partial charge in [0.1, 0.15) is 5.82 Å². The molecule has 1 aromatic rings. The summed E-state index contributed by atoms with van der Waals surface area (Å²) in [7, 11) is 0. The molecule has 4 nitrogen and oxygen atoms in total. The van der Waals surface area contributed by atoms with Crippen LogP contribution in [0.1, 0.15) is 6.42 Å². The fourth-order valence-electron chi connectivity index (χ4n) is 1.43. The maximum Gasteiger partial charge on any atom is 0.224 e. The van der Waals surface area contributed by atoms with Crippen molar-refractivity contribution in [3.8, 4) is 0 Å². The second kappa shape index (κ2) is 4.57. The lowest BCUT2D eigenvalue weighted by Crippen LogP contribution is -2.14. The summed E-state index contributed by atoms with van der Waals surface area (Å²) in [4.78, 5) is 7.85. The lowest BCUT2D eigenvalue weighted by molar-refractivity contribution is 0.187. The van der Waals surface area contributed by atoms with Crippen molar-refractivity contribution in [3.05, 3.63) is 17.5 Å². The average molecular weight is 214 g/mol. The summed E-state index contributed by atoms with van der Waals surface area (Å²) in [6.45, 7) is 2.59. The van der Waals surface area contributed by atoms with E-state index in [4.69, 9.17) is 16.3 Å². The van der Waals surface area contributed by atoms with Crippen molar-refractivity contribution in [2.45, 2.75) is 6.42 Å². The predicted octanol–water partition coefficient (Wildman–Crippen LogP) is 1.58. The Kier molecular flexibility index (Phi) is 3.16. The Labute approximate surface area is 87.7 Å². The normalized spacial score (nSPS) is 21.1. The molecule has 2 rings (SSSR count). The summed E-state index contributed by atoms with van der Waals surface area (Å²) >= 11 is 5.65. The molecule has 14 heavy (non-hydrogen) atoms. The standard InChI is InChI=1S/C9H12ClN3O/c10-9-11-3-1-8(13-9)12-5-7-2-4-14-6-7/h1,3,7H,2,4-6H2,(H,11,12,13)/t7-/m1/s1. The average Bonchev–Trinajstić information content (AvgIpc) is 2.67. The van der Waals surface area contributed by atoms with Gasteiger partial charge in [-0.2, -0.15) is 0 Å². The van der Waals surface area contributed by atoms with Gasteiger partial charge in [-0.25, -0.2) is 9.97 Å². The molecule has 1 aliphatic heterocycles. The van der Waals surface area contributed by atoms with Crippen LogP contribution in [0.4, 0.5) is 5.82 Å². The number of anilines is 1. The van der Waals surface area contributed by atoms with Crippen molar-refractivity contribution in [2.75, 3.05) is 25.1 Å². The van der Waals surface area contributed by atoms with Crippen LogP contribution in [0.2, 0.25) is 5.28 Å². The van der Waals surface area contributed by atoms with Gasteiger partial charge in [-0.15, -0.1) is 0 Å². The molecule has 0 bridgehead atoms. The van der Waals surface area contributed by atoms with Crippen molar-refractivity contribution in [1.82, 2.24) is 9.97 Å². The Morgan fingerprint density at radius 2 is 2.57 bits per heavy atom. The first-order valence-corrected chi connectivity index (χ1v) is 5.02. The second-order valence-electron chi connectivity index (χ2n) is 3.32. The van der Waals surface area contributed by atoms with Gasteiger partial charge >= 0.3 is 0 Å². The van der Waals surface area contributed by atoms with E-state index in [1.165, 1.54) is 0 Å². The fraction of sp³-hybridized carbons (Fsp3) is 0.556. The van der Waals surface area contributed by atoms with Crippen molar-refractivity contribution >= 4 is 17.4 Å². The van der Waals surface area contributed by atoms with Crippen LogP contribution >= 0.6 is 11.6 Å². The number of nitrogens with one attached hydrogen (secondary N) is 1. The summed E-state index contributed by atoms with van der Waals surface area (Å²) in [6.07, 6.45) is 2.76. The smallest absolute Gasteiger partial charge is 0.224 e. The van der Waals surface area contributed by atoms with Gasteiger partial charge in [-0.1, -0.05) is 0 Å². The maximum atomic E-state index is 5.65. The minimum atomic E-state index is 0.276. The molecule has 1 aromatic heterocycles. The van der Waals surface area contributed by atoms with E-state index in [0.29, 0.717) is 5.92 Å². The highest BCUT2D eigenvalue weighted by Gasteiger charge is 2.15. The quantitative estimate of drug-likeness (QED) is 0.775. The molecule has 76 valence electrons. The molecule has 0 amide bonds. The van der Waals surface area contributed by atoms with Crippen LogP contribution in [0.5, 0.6) is 0 Å². The highest BCUT2D eigenvalue weighted by Crippen LogP contribution is 2.13. The third kappa shape index (κ3) is 2.56. The number of aromatic nitrogens is 2. The van der Waals surface area contributed by atoms with Crippen LogP contribution in [0.25, 0.3) is 0 Å². The van der Waals surface area contributed by atoms with Crippen molar-refractivity contribution in [1.29, 1.82) is 0 Å². The van der Waals surface area contributed by atoms with Gasteiger partial charge < -0.3 is 10.1 Å². The van der Waals surface area contributed by atoms with Crippen LogP contribution in [-0.4, -0.2) is 29.7 Å². The topological polar surface area (TPSA) is 47.0 Å². The monoisotopic (exact) mass is 213 g/mol. The van der Waals surface area contributed by atoms with E-state index < -0.39 is 0 Å². The van der Waals surface area contributed by atoms with Crippen molar-refractivity contribution in [3.63, 3.8) is 0 Å². The summed E-state index contributed by atoms with van der Waals surface area (Å²) in [5, 5.41) is 3.49. The number of halogens is 1. The molecule has 0 saturated carbocycles. The molecule has 0 unspecified atom stereocenters. The first-order chi connectivity index (χ1) is 6.84. The third-order valence-corrected chi connectivity index (χ3v) is 2.40. The molecule has 1 N–H and O–H groups in total. The van der Waals surface area contributed by atoms with E-state index in [-0.39, 0.29) is 5.28 Å². The third-order valence-electron chi connectivity index (χ3n) is 2.22. The Hall–Kier alpha value is -0.870. The number of rotatable bonds is 3. The van der Waals surface area contributed by atoms with Crippen molar-refractivity contribution in [2.24, 2.45) is 5.92 Å². The Bertz CT molecular complexity index is 302. The van der Waals surface area contributed by atoms with Gasteiger partial charge in [-0.3, -0.25) is 0 Å². The molecule has 1 saturated heterocycles. The summed E-state index contributed by atoms with van der Waals surface area (Å²) in [5.41, 5.74) is 0. The summed E-state index contributed by atoms with van der Waals surface area (Å²) in [6, 6.07) is 1.81. The molecule has 2 heterocycles. The number of ether oxygens (including phenoxy) is 1. The first kappa shape index (κ1) is 9.68. The van der Waals surface area contributed by atoms with Crippen LogP contribution in [0.3, 0.4) is 0 Å². The molecule has 1 atom stereocenters. The summed E-state index contributed by atoms with van der Waals surface area (Å²) in [5.74, 6) is 1.36. The van der Waals surface area contributed by atoms with Crippen LogP contribution < -0.4 is 5.32 Å². The fourth-order valence-corrected chi connectivity index (χ4v) is 1.57. The van der Waals surface area contributed by atoms with Crippen LogP contribution in [0, 0.1) is 5.92 Å². The molecule has 0 aromatic carbocycles. The first-order valence-electron chi connectivity index (χ1n) is 4.65. The van der Waals surface area contributed by atoms with E-state index >= 15 is 0 Å². The van der Waals surface area contributed by atoms with Crippen LogP contribution in [-0.2, 0) is 4.74 Å². The lowest BCUT2D eigenvalue weighted by Gasteiger charge is -2.09. The molecule has 0 radical (unpaired) electrons. The summed E-state index contributed by atoms with van der Waals surface area (Å²) < 4.78 is 5.27. The number of nitrogens with zero attached hydrogens (tertiary/aromatic N) is 2. The molecule has 5 heteroatoms. The zero-order chi connectivity index (χ0) is 9.80. The highest BCUT2D eigenvalue weighted by atomic mass is 35.5. The van der Waals surface area contributed by atoms with Crippen molar-refractivity contribution < 1.29 is 4.74 Å². The predicted molar refractivity (Wildman–Crippen MR) is 54.5 cm³/mol. The number of hydrogen-bond donors (Lipinski definition) is 1. The van der Waals surface area contributed by atoms with Gasteiger partial charge in [0, 0.05) is 25.3 Å². The maximum absolute atomic E-state index is 5.65. The second-order valence-corrected chi connectivity index (χ2v) is 3.66. The minimum Gasteiger partial charge on any atom is -0.381 e. The van der Waals surface area contributed by atoms with E-state index in [0.717, 1.165) is 32.0 Å². The molecule has 0 spiro atoms. The van der Waals surface area contributed by atoms with Gasteiger partial charge in [-0.05, 0) is 24.1 Å². The Balaban J connectivity index is 1.85. The van der Waals surface area contributed by atoms with E-state index in [1.807, 2.05) is 6.07 Å². The van der Waals surface area contributed by atoms with Gasteiger partial charge in [0.15, 0.2) is 0 Å². The SMILES string of the molecule is Clc1nccc(NC[C@H]2CCOC2)n1. The van der Waals surface area contributed by atoms with Crippen LogP contribution in [0.15, 0.2) is 12.3 Å². The molecule has 1 fully saturated rings. The van der Waals surface area contributed by atoms with Gasteiger partial charge in [0.2, 0.25) is 5.28 Å². The Morgan fingerprint density at radius 1 is 1.64 bits per heavy atom. The largest absolute Gasteiger partial charge is 0.381 e. The van der Waals surface area contributed by atoms with Gasteiger partial charge in [0.05, 0.1) is 6.61 Å². The van der Waals surface area contributed by atoms with E-state index in [2.05, 4.69) is 15.3 Å². The lowest BCUT2D eigenvalue weighted by atomic mass is 10.1. The molecular weight excluding hydrogens is 202 g/mol. The molecule has 1 aliphatic rings. The Morgan fingerprint density at radius 3 is 3.29 bits per heavy atom. The van der Waals surface area contributed by atoms with E-state index in [1.54, 1.807) is 6.20 Å². The molecule has 0 aliphatic carbocycles.